The summed E-state index contributed by atoms with van der Waals surface area (Å²) < 4.78 is 1.80. The molecule has 4 rings (SSSR count). The second-order valence-corrected chi connectivity index (χ2v) is 6.77. The molecule has 2 aliphatic rings. The average Bonchev–Trinajstić information content (AvgIpc) is 3.24. The fourth-order valence-electron chi connectivity index (χ4n) is 4.07. The van der Waals surface area contributed by atoms with E-state index in [2.05, 4.69) is 15.4 Å². The molecule has 1 N–H and O–H groups in total. The summed E-state index contributed by atoms with van der Waals surface area (Å²) in [5.74, 6) is 0.705. The Morgan fingerprint density at radius 3 is 3.04 bits per heavy atom. The molecule has 0 aromatic carbocycles. The number of fused-ring (bicyclic) bond motifs is 1. The average molecular weight is 325 g/mol. The van der Waals surface area contributed by atoms with Gasteiger partial charge in [0.2, 0.25) is 0 Å². The summed E-state index contributed by atoms with van der Waals surface area (Å²) in [5, 5.41) is 7.33. The van der Waals surface area contributed by atoms with Crippen molar-refractivity contribution < 1.29 is 4.79 Å². The number of aromatic nitrogens is 3. The van der Waals surface area contributed by atoms with Crippen molar-refractivity contribution in [3.8, 4) is 0 Å². The largest absolute Gasteiger partial charge is 0.322 e. The molecule has 2 amide bonds. The van der Waals surface area contributed by atoms with Gasteiger partial charge in [0.05, 0.1) is 24.1 Å². The van der Waals surface area contributed by atoms with E-state index in [-0.39, 0.29) is 6.03 Å². The third-order valence-corrected chi connectivity index (χ3v) is 5.19. The molecule has 2 aromatic rings. The van der Waals surface area contributed by atoms with E-state index in [9.17, 15) is 4.79 Å². The smallest absolute Gasteiger partial charge is 0.321 e. The third kappa shape index (κ3) is 3.13. The summed E-state index contributed by atoms with van der Waals surface area (Å²) in [6, 6.07) is 6.27. The zero-order chi connectivity index (χ0) is 16.4. The van der Waals surface area contributed by atoms with Crippen LogP contribution in [0.3, 0.4) is 0 Å². The Bertz CT molecular complexity index is 698. The molecule has 0 radical (unpaired) electrons. The van der Waals surface area contributed by atoms with Gasteiger partial charge in [-0.15, -0.1) is 0 Å². The molecule has 6 heteroatoms. The molecule has 24 heavy (non-hydrogen) atoms. The van der Waals surface area contributed by atoms with E-state index in [1.165, 1.54) is 19.3 Å². The van der Waals surface area contributed by atoms with Crippen LogP contribution in [-0.4, -0.2) is 38.3 Å². The molecule has 1 saturated carbocycles. The number of pyridine rings is 1. The first-order chi connectivity index (χ1) is 11.8. The second-order valence-electron chi connectivity index (χ2n) is 6.77. The maximum Gasteiger partial charge on any atom is 0.322 e. The predicted octanol–water partition coefficient (Wildman–Crippen LogP) is 3.12. The molecule has 126 valence electrons. The maximum atomic E-state index is 12.6. The van der Waals surface area contributed by atoms with Crippen LogP contribution in [0.1, 0.15) is 37.8 Å². The molecule has 6 nitrogen and oxygen atoms in total. The van der Waals surface area contributed by atoms with E-state index in [0.29, 0.717) is 18.5 Å². The van der Waals surface area contributed by atoms with Crippen LogP contribution >= 0.6 is 0 Å². The first-order valence-electron chi connectivity index (χ1n) is 8.79. The Hall–Kier alpha value is -2.37. The number of hydrogen-bond donors (Lipinski definition) is 1. The summed E-state index contributed by atoms with van der Waals surface area (Å²) in [6.07, 6.45) is 11.4. The number of carbonyl (C=O) groups excluding carboxylic acids is 1. The van der Waals surface area contributed by atoms with Crippen LogP contribution in [0.2, 0.25) is 0 Å². The van der Waals surface area contributed by atoms with Crippen LogP contribution in [0.4, 0.5) is 10.5 Å². The van der Waals surface area contributed by atoms with Crippen molar-refractivity contribution in [2.45, 2.75) is 44.7 Å². The van der Waals surface area contributed by atoms with Crippen molar-refractivity contribution in [2.24, 2.45) is 5.92 Å². The number of amides is 2. The van der Waals surface area contributed by atoms with Crippen molar-refractivity contribution in [2.75, 3.05) is 11.9 Å². The normalized spacial score (nSPS) is 23.1. The highest BCUT2D eigenvalue weighted by Gasteiger charge is 2.37. The molecular formula is C18H23N5O. The van der Waals surface area contributed by atoms with E-state index in [0.717, 1.165) is 30.8 Å². The van der Waals surface area contributed by atoms with E-state index in [1.54, 1.807) is 17.1 Å². The second kappa shape index (κ2) is 6.63. The minimum absolute atomic E-state index is 0.0176. The Kier molecular flexibility index (Phi) is 4.19. The number of piperidine rings is 1. The molecule has 1 aliphatic carbocycles. The van der Waals surface area contributed by atoms with Gasteiger partial charge in [0.15, 0.2) is 0 Å². The third-order valence-electron chi connectivity index (χ3n) is 5.19. The van der Waals surface area contributed by atoms with Gasteiger partial charge in [-0.1, -0.05) is 12.5 Å². The van der Waals surface area contributed by atoms with Gasteiger partial charge in [0, 0.05) is 25.0 Å². The topological polar surface area (TPSA) is 63.1 Å². The Balaban J connectivity index is 1.39. The van der Waals surface area contributed by atoms with Gasteiger partial charge in [-0.2, -0.15) is 5.10 Å². The number of urea groups is 1. The summed E-state index contributed by atoms with van der Waals surface area (Å²) in [6.45, 7) is 1.47. The van der Waals surface area contributed by atoms with Crippen LogP contribution in [0.25, 0.3) is 0 Å². The molecule has 2 aromatic heterocycles. The number of likely N-dealkylation sites (tertiary alicyclic amines) is 1. The van der Waals surface area contributed by atoms with Crippen molar-refractivity contribution in [3.05, 3.63) is 42.5 Å². The van der Waals surface area contributed by atoms with Gasteiger partial charge in [0.25, 0.3) is 0 Å². The first kappa shape index (κ1) is 15.2. The maximum absolute atomic E-state index is 12.6. The van der Waals surface area contributed by atoms with E-state index in [4.69, 9.17) is 0 Å². The summed E-state index contributed by atoms with van der Waals surface area (Å²) in [5.41, 5.74) is 1.69. The number of hydrogen-bond acceptors (Lipinski definition) is 3. The van der Waals surface area contributed by atoms with E-state index >= 15 is 0 Å². The highest BCUT2D eigenvalue weighted by Crippen LogP contribution is 2.36. The zero-order valence-electron chi connectivity index (χ0n) is 13.8. The molecule has 2 unspecified atom stereocenters. The first-order valence-corrected chi connectivity index (χ1v) is 8.79. The minimum atomic E-state index is 0.0176. The quantitative estimate of drug-likeness (QED) is 0.943. The summed E-state index contributed by atoms with van der Waals surface area (Å²) >= 11 is 0. The van der Waals surface area contributed by atoms with Crippen LogP contribution in [-0.2, 0) is 6.54 Å². The van der Waals surface area contributed by atoms with Gasteiger partial charge in [-0.25, -0.2) is 4.79 Å². The fraction of sp³-hybridized carbons (Fsp3) is 0.500. The van der Waals surface area contributed by atoms with E-state index < -0.39 is 0 Å². The van der Waals surface area contributed by atoms with Gasteiger partial charge < -0.3 is 10.2 Å². The Morgan fingerprint density at radius 1 is 1.25 bits per heavy atom. The molecule has 0 bridgehead atoms. The van der Waals surface area contributed by atoms with E-state index in [1.807, 2.05) is 29.3 Å². The van der Waals surface area contributed by atoms with Crippen molar-refractivity contribution in [3.63, 3.8) is 0 Å². The van der Waals surface area contributed by atoms with Crippen molar-refractivity contribution in [1.82, 2.24) is 19.7 Å². The highest BCUT2D eigenvalue weighted by atomic mass is 16.2. The minimum Gasteiger partial charge on any atom is -0.321 e. The predicted molar refractivity (Wildman–Crippen MR) is 91.7 cm³/mol. The van der Waals surface area contributed by atoms with Gasteiger partial charge in [0.1, 0.15) is 0 Å². The lowest BCUT2D eigenvalue weighted by atomic mass is 9.92. The molecule has 3 heterocycles. The van der Waals surface area contributed by atoms with Crippen LogP contribution < -0.4 is 5.32 Å². The van der Waals surface area contributed by atoms with Crippen LogP contribution in [0.5, 0.6) is 0 Å². The zero-order valence-corrected chi connectivity index (χ0v) is 13.8. The lowest BCUT2D eigenvalue weighted by Gasteiger charge is -2.37. The molecule has 0 spiro atoms. The summed E-state index contributed by atoms with van der Waals surface area (Å²) in [4.78, 5) is 19.0. The number of nitrogens with zero attached hydrogens (tertiary/aromatic N) is 4. The summed E-state index contributed by atoms with van der Waals surface area (Å²) in [7, 11) is 0. The molecular weight excluding hydrogens is 302 g/mol. The number of nitrogens with one attached hydrogen (secondary N) is 1. The van der Waals surface area contributed by atoms with Gasteiger partial charge in [-0.05, 0) is 43.7 Å². The SMILES string of the molecule is O=C(Nc1cnn(Cc2ccccn2)c1)N1CCCC2CCCC21. The Morgan fingerprint density at radius 2 is 2.17 bits per heavy atom. The van der Waals surface area contributed by atoms with Gasteiger partial charge in [-0.3, -0.25) is 9.67 Å². The monoisotopic (exact) mass is 325 g/mol. The van der Waals surface area contributed by atoms with Gasteiger partial charge >= 0.3 is 6.03 Å². The fourth-order valence-corrected chi connectivity index (χ4v) is 4.07. The van der Waals surface area contributed by atoms with Crippen LogP contribution in [0, 0.1) is 5.92 Å². The standard InChI is InChI=1S/C18H23N5O/c24-18(23-10-4-6-14-5-3-8-17(14)23)21-16-11-20-22(13-16)12-15-7-1-2-9-19-15/h1-2,7,9,11,13-14,17H,3-6,8,10,12H2,(H,21,24). The van der Waals surface area contributed by atoms with Crippen LogP contribution in [0.15, 0.2) is 36.8 Å². The van der Waals surface area contributed by atoms with Crippen molar-refractivity contribution in [1.29, 1.82) is 0 Å². The Labute approximate surface area is 141 Å². The molecule has 2 atom stereocenters. The van der Waals surface area contributed by atoms with Crippen molar-refractivity contribution >= 4 is 11.7 Å². The number of rotatable bonds is 3. The lowest BCUT2D eigenvalue weighted by molar-refractivity contribution is 0.138. The highest BCUT2D eigenvalue weighted by molar-refractivity contribution is 5.89. The molecule has 1 saturated heterocycles. The molecule has 1 aliphatic heterocycles. The molecule has 2 fully saturated rings. The number of anilines is 1. The number of carbonyl (C=O) groups is 1. The lowest BCUT2D eigenvalue weighted by Crippen LogP contribution is -2.48.